The molecule has 0 radical (unpaired) electrons. The van der Waals surface area contributed by atoms with E-state index in [0.717, 1.165) is 18.7 Å². The highest BCUT2D eigenvalue weighted by Crippen LogP contribution is 2.35. The van der Waals surface area contributed by atoms with Crippen LogP contribution in [0.5, 0.6) is 5.75 Å². The molecule has 2 amide bonds. The third-order valence-electron chi connectivity index (χ3n) is 5.25. The van der Waals surface area contributed by atoms with Gasteiger partial charge < -0.3 is 14.5 Å². The number of ether oxygens (including phenoxy) is 1. The van der Waals surface area contributed by atoms with Crippen molar-refractivity contribution in [1.29, 1.82) is 0 Å². The molecule has 28 heavy (non-hydrogen) atoms. The van der Waals surface area contributed by atoms with Crippen LogP contribution < -0.4 is 9.64 Å². The maximum absolute atomic E-state index is 13.2. The maximum Gasteiger partial charge on any atom is 0.265 e. The van der Waals surface area contributed by atoms with Gasteiger partial charge in [0.2, 0.25) is 5.91 Å². The molecule has 2 aliphatic rings. The molecule has 0 bridgehead atoms. The smallest absolute Gasteiger partial charge is 0.265 e. The van der Waals surface area contributed by atoms with Crippen molar-refractivity contribution in [3.63, 3.8) is 0 Å². The Balaban J connectivity index is 1.59. The summed E-state index contributed by atoms with van der Waals surface area (Å²) in [7, 11) is 2.06. The van der Waals surface area contributed by atoms with Gasteiger partial charge in [-0.1, -0.05) is 41.9 Å². The summed E-state index contributed by atoms with van der Waals surface area (Å²) in [6.07, 6.45) is 0. The van der Waals surface area contributed by atoms with Crippen LogP contribution >= 0.6 is 11.6 Å². The first-order chi connectivity index (χ1) is 13.5. The van der Waals surface area contributed by atoms with Crippen LogP contribution in [-0.2, 0) is 9.59 Å². The van der Waals surface area contributed by atoms with E-state index < -0.39 is 0 Å². The van der Waals surface area contributed by atoms with Crippen molar-refractivity contribution in [3.8, 4) is 5.75 Å². The van der Waals surface area contributed by atoms with E-state index in [1.807, 2.05) is 35.2 Å². The highest BCUT2D eigenvalue weighted by atomic mass is 35.5. The summed E-state index contributed by atoms with van der Waals surface area (Å²) in [6.45, 7) is 2.08. The number of carbonyl (C=O) groups excluding carboxylic acids is 2. The summed E-state index contributed by atoms with van der Waals surface area (Å²) in [5, 5.41) is 0.497. The Morgan fingerprint density at radius 2 is 1.96 bits per heavy atom. The van der Waals surface area contributed by atoms with Crippen molar-refractivity contribution in [3.05, 3.63) is 59.1 Å². The van der Waals surface area contributed by atoms with Crippen LogP contribution in [0.15, 0.2) is 48.5 Å². The number of hydrogen-bond acceptors (Lipinski definition) is 4. The van der Waals surface area contributed by atoms with E-state index in [0.29, 0.717) is 23.0 Å². The Morgan fingerprint density at radius 1 is 1.18 bits per heavy atom. The number of rotatable bonds is 3. The normalized spacial score (nSPS) is 19.9. The third-order valence-corrected chi connectivity index (χ3v) is 5.48. The van der Waals surface area contributed by atoms with Gasteiger partial charge in [-0.25, -0.2) is 0 Å². The molecule has 2 aromatic carbocycles. The Labute approximate surface area is 169 Å². The van der Waals surface area contributed by atoms with Crippen molar-refractivity contribution in [2.24, 2.45) is 0 Å². The number of fused-ring (bicyclic) bond motifs is 1. The van der Waals surface area contributed by atoms with Crippen LogP contribution in [-0.4, -0.2) is 61.4 Å². The lowest BCUT2D eigenvalue weighted by atomic mass is 10.0. The minimum atomic E-state index is -0.242. The average molecular weight is 400 g/mol. The number of amides is 2. The van der Waals surface area contributed by atoms with E-state index in [4.69, 9.17) is 16.3 Å². The van der Waals surface area contributed by atoms with Gasteiger partial charge in [0.15, 0.2) is 6.61 Å². The molecule has 1 atom stereocenters. The molecule has 2 aliphatic heterocycles. The molecule has 0 saturated carbocycles. The maximum atomic E-state index is 13.2. The van der Waals surface area contributed by atoms with Crippen molar-refractivity contribution in [1.82, 2.24) is 9.80 Å². The molecule has 2 heterocycles. The first-order valence-corrected chi connectivity index (χ1v) is 9.66. The van der Waals surface area contributed by atoms with E-state index in [1.54, 1.807) is 18.2 Å². The molecule has 7 heteroatoms. The Bertz CT molecular complexity index is 890. The van der Waals surface area contributed by atoms with Gasteiger partial charge in [0.05, 0.1) is 11.7 Å². The second kappa shape index (κ2) is 7.81. The molecule has 6 nitrogen and oxygen atoms in total. The monoisotopic (exact) mass is 399 g/mol. The van der Waals surface area contributed by atoms with E-state index in [2.05, 4.69) is 11.9 Å². The zero-order chi connectivity index (χ0) is 19.7. The first-order valence-electron chi connectivity index (χ1n) is 9.28. The highest BCUT2D eigenvalue weighted by Gasteiger charge is 2.34. The van der Waals surface area contributed by atoms with Crippen molar-refractivity contribution in [2.45, 2.75) is 6.04 Å². The molecular formula is C21H22ClN3O3. The number of benzene rings is 2. The molecule has 146 valence electrons. The minimum absolute atomic E-state index is 0.0252. The standard InChI is InChI=1S/C21H22ClN3O3/c1-23-9-10-24(18(12-23)15-5-3-2-4-6-15)20(26)13-25-17-11-16(22)7-8-19(17)28-14-21(25)27/h2-8,11,18H,9-10,12-14H2,1H3/t18-/m1/s1. The summed E-state index contributed by atoms with van der Waals surface area (Å²) in [5.74, 6) is 0.242. The predicted molar refractivity (Wildman–Crippen MR) is 108 cm³/mol. The second-order valence-corrected chi connectivity index (χ2v) is 7.59. The number of hydrogen-bond donors (Lipinski definition) is 0. The van der Waals surface area contributed by atoms with Crippen LogP contribution in [0.2, 0.25) is 5.02 Å². The Hall–Kier alpha value is -2.57. The zero-order valence-corrected chi connectivity index (χ0v) is 16.4. The number of piperazine rings is 1. The highest BCUT2D eigenvalue weighted by molar-refractivity contribution is 6.31. The van der Waals surface area contributed by atoms with Crippen LogP contribution in [0.25, 0.3) is 0 Å². The third kappa shape index (κ3) is 3.70. The number of halogens is 1. The molecule has 4 rings (SSSR count). The lowest BCUT2D eigenvalue weighted by molar-refractivity contribution is -0.136. The molecule has 0 aromatic heterocycles. The van der Waals surface area contributed by atoms with Gasteiger partial charge in [0, 0.05) is 24.7 Å². The second-order valence-electron chi connectivity index (χ2n) is 7.16. The van der Waals surface area contributed by atoms with Gasteiger partial charge in [0.1, 0.15) is 12.3 Å². The Morgan fingerprint density at radius 3 is 2.75 bits per heavy atom. The quantitative estimate of drug-likeness (QED) is 0.796. The largest absolute Gasteiger partial charge is 0.482 e. The first kappa shape index (κ1) is 18.8. The van der Waals surface area contributed by atoms with E-state index in [1.165, 1.54) is 4.90 Å². The van der Waals surface area contributed by atoms with Crippen molar-refractivity contribution < 1.29 is 14.3 Å². The van der Waals surface area contributed by atoms with E-state index in [-0.39, 0.29) is 31.0 Å². The van der Waals surface area contributed by atoms with E-state index in [9.17, 15) is 9.59 Å². The lowest BCUT2D eigenvalue weighted by Crippen LogP contribution is -2.53. The van der Waals surface area contributed by atoms with Gasteiger partial charge in [-0.3, -0.25) is 14.5 Å². The number of carbonyl (C=O) groups is 2. The molecule has 0 spiro atoms. The number of nitrogens with zero attached hydrogens (tertiary/aromatic N) is 3. The van der Waals surface area contributed by atoms with Crippen molar-refractivity contribution >= 4 is 29.1 Å². The van der Waals surface area contributed by atoms with Gasteiger partial charge in [-0.05, 0) is 30.8 Å². The number of likely N-dealkylation sites (N-methyl/N-ethyl adjacent to an activating group) is 1. The van der Waals surface area contributed by atoms with Gasteiger partial charge >= 0.3 is 0 Å². The molecule has 0 aliphatic carbocycles. The van der Waals surface area contributed by atoms with Crippen LogP contribution in [0.1, 0.15) is 11.6 Å². The fraction of sp³-hybridized carbons (Fsp3) is 0.333. The summed E-state index contributed by atoms with van der Waals surface area (Å²) in [5.41, 5.74) is 1.64. The molecule has 1 fully saturated rings. The van der Waals surface area contributed by atoms with Crippen LogP contribution in [0, 0.1) is 0 Å². The summed E-state index contributed by atoms with van der Waals surface area (Å²) in [4.78, 5) is 31.3. The topological polar surface area (TPSA) is 53.1 Å². The molecule has 1 saturated heterocycles. The molecule has 0 N–H and O–H groups in total. The molecular weight excluding hydrogens is 378 g/mol. The SMILES string of the molecule is CN1CCN(C(=O)CN2C(=O)COc3ccc(Cl)cc32)[C@@H](c2ccccc2)C1. The summed E-state index contributed by atoms with van der Waals surface area (Å²) >= 11 is 6.10. The van der Waals surface area contributed by atoms with Gasteiger partial charge in [-0.2, -0.15) is 0 Å². The summed E-state index contributed by atoms with van der Waals surface area (Å²) in [6, 6.07) is 15.1. The minimum Gasteiger partial charge on any atom is -0.482 e. The molecule has 2 aromatic rings. The zero-order valence-electron chi connectivity index (χ0n) is 15.7. The van der Waals surface area contributed by atoms with Crippen LogP contribution in [0.4, 0.5) is 5.69 Å². The fourth-order valence-electron chi connectivity index (χ4n) is 3.75. The summed E-state index contributed by atoms with van der Waals surface area (Å²) < 4.78 is 5.47. The fourth-order valence-corrected chi connectivity index (χ4v) is 3.92. The van der Waals surface area contributed by atoms with E-state index >= 15 is 0 Å². The van der Waals surface area contributed by atoms with Gasteiger partial charge in [0.25, 0.3) is 5.91 Å². The predicted octanol–water partition coefficient (Wildman–Crippen LogP) is 2.58. The Kier molecular flexibility index (Phi) is 5.24. The van der Waals surface area contributed by atoms with Crippen LogP contribution in [0.3, 0.4) is 0 Å². The number of anilines is 1. The van der Waals surface area contributed by atoms with Gasteiger partial charge in [-0.15, -0.1) is 0 Å². The lowest BCUT2D eigenvalue weighted by Gasteiger charge is -2.41. The average Bonchev–Trinajstić information content (AvgIpc) is 2.70. The van der Waals surface area contributed by atoms with Crippen molar-refractivity contribution in [2.75, 3.05) is 44.7 Å². The molecule has 0 unspecified atom stereocenters.